The first kappa shape index (κ1) is 18.7. The first-order chi connectivity index (χ1) is 12.6. The van der Waals surface area contributed by atoms with Crippen LogP contribution in [0.15, 0.2) is 40.9 Å². The van der Waals surface area contributed by atoms with E-state index in [1.54, 1.807) is 12.1 Å². The molecule has 0 spiro atoms. The van der Waals surface area contributed by atoms with Gasteiger partial charge in [0.15, 0.2) is 11.5 Å². The number of rotatable bonds is 7. The molecule has 0 saturated heterocycles. The minimum absolute atomic E-state index is 0.232. The second kappa shape index (κ2) is 9.00. The van der Waals surface area contributed by atoms with E-state index in [1.807, 2.05) is 24.3 Å². The Morgan fingerprint density at radius 3 is 2.85 bits per heavy atom. The van der Waals surface area contributed by atoms with Crippen molar-refractivity contribution in [2.45, 2.75) is 13.0 Å². The van der Waals surface area contributed by atoms with Crippen LogP contribution in [0.2, 0.25) is 5.02 Å². The van der Waals surface area contributed by atoms with Crippen molar-refractivity contribution in [2.75, 3.05) is 19.9 Å². The van der Waals surface area contributed by atoms with E-state index in [0.29, 0.717) is 42.6 Å². The first-order valence-electron chi connectivity index (χ1n) is 8.10. The molecule has 2 aromatic carbocycles. The largest absolute Gasteiger partial charge is 0.492 e. The van der Waals surface area contributed by atoms with Gasteiger partial charge in [0.25, 0.3) is 0 Å². The van der Waals surface area contributed by atoms with E-state index in [1.165, 1.54) is 0 Å². The van der Waals surface area contributed by atoms with Gasteiger partial charge in [-0.2, -0.15) is 0 Å². The number of hydrogen-bond donors (Lipinski definition) is 2. The van der Waals surface area contributed by atoms with Crippen molar-refractivity contribution >= 4 is 33.6 Å². The summed E-state index contributed by atoms with van der Waals surface area (Å²) < 4.78 is 17.1. The van der Waals surface area contributed by atoms with Gasteiger partial charge in [0.2, 0.25) is 6.79 Å². The van der Waals surface area contributed by atoms with E-state index in [-0.39, 0.29) is 12.8 Å². The van der Waals surface area contributed by atoms with Crippen LogP contribution in [0.1, 0.15) is 12.0 Å². The molecule has 1 aliphatic rings. The standard InChI is InChI=1S/C18H18BrClN2O4/c19-13-3-5-15(14(20)9-13)24-7-1-6-21-18(23)22-10-12-2-4-16-17(8-12)26-11-25-16/h2-5,8-9H,1,6-7,10-11H2,(H2,21,22,23). The highest BCUT2D eigenvalue weighted by atomic mass is 79.9. The second-order valence-electron chi connectivity index (χ2n) is 5.57. The highest BCUT2D eigenvalue weighted by Crippen LogP contribution is 2.32. The maximum Gasteiger partial charge on any atom is 0.315 e. The lowest BCUT2D eigenvalue weighted by molar-refractivity contribution is 0.174. The van der Waals surface area contributed by atoms with Gasteiger partial charge in [0.05, 0.1) is 11.6 Å². The van der Waals surface area contributed by atoms with Gasteiger partial charge < -0.3 is 24.8 Å². The van der Waals surface area contributed by atoms with Gasteiger partial charge in [-0.1, -0.05) is 33.6 Å². The molecule has 6 nitrogen and oxygen atoms in total. The molecule has 0 fully saturated rings. The van der Waals surface area contributed by atoms with E-state index in [9.17, 15) is 4.79 Å². The smallest absolute Gasteiger partial charge is 0.315 e. The third kappa shape index (κ3) is 5.19. The summed E-state index contributed by atoms with van der Waals surface area (Å²) in [4.78, 5) is 11.8. The van der Waals surface area contributed by atoms with E-state index in [4.69, 9.17) is 25.8 Å². The summed E-state index contributed by atoms with van der Waals surface area (Å²) in [6, 6.07) is 10.8. The zero-order chi connectivity index (χ0) is 18.4. The summed E-state index contributed by atoms with van der Waals surface area (Å²) in [5.74, 6) is 2.06. The molecule has 138 valence electrons. The average Bonchev–Trinajstić information content (AvgIpc) is 3.09. The monoisotopic (exact) mass is 440 g/mol. The molecule has 2 amide bonds. The fourth-order valence-corrected chi connectivity index (χ4v) is 3.07. The number of ether oxygens (including phenoxy) is 3. The van der Waals surface area contributed by atoms with Crippen LogP contribution in [-0.4, -0.2) is 26.0 Å². The van der Waals surface area contributed by atoms with Crippen molar-refractivity contribution in [3.05, 3.63) is 51.5 Å². The van der Waals surface area contributed by atoms with E-state index >= 15 is 0 Å². The van der Waals surface area contributed by atoms with Gasteiger partial charge in [0, 0.05) is 17.6 Å². The number of carbonyl (C=O) groups is 1. The maximum absolute atomic E-state index is 11.8. The molecule has 0 unspecified atom stereocenters. The zero-order valence-corrected chi connectivity index (χ0v) is 16.2. The Labute approximate surface area is 164 Å². The Morgan fingerprint density at radius 1 is 1.15 bits per heavy atom. The van der Waals surface area contributed by atoms with Crippen molar-refractivity contribution in [3.8, 4) is 17.2 Å². The predicted molar refractivity (Wildman–Crippen MR) is 102 cm³/mol. The van der Waals surface area contributed by atoms with Gasteiger partial charge in [-0.25, -0.2) is 4.79 Å². The van der Waals surface area contributed by atoms with E-state index < -0.39 is 0 Å². The van der Waals surface area contributed by atoms with Crippen LogP contribution >= 0.6 is 27.5 Å². The Bertz CT molecular complexity index is 788. The van der Waals surface area contributed by atoms with E-state index in [2.05, 4.69) is 26.6 Å². The molecule has 0 atom stereocenters. The summed E-state index contributed by atoms with van der Waals surface area (Å²) in [6.07, 6.45) is 0.670. The molecule has 8 heteroatoms. The highest BCUT2D eigenvalue weighted by molar-refractivity contribution is 9.10. The molecule has 0 aliphatic carbocycles. The number of carbonyl (C=O) groups excluding carboxylic acids is 1. The molecule has 1 aliphatic heterocycles. The van der Waals surface area contributed by atoms with Crippen LogP contribution in [0, 0.1) is 0 Å². The number of halogens is 2. The normalized spacial score (nSPS) is 11.9. The molecular weight excluding hydrogens is 424 g/mol. The third-order valence-corrected chi connectivity index (χ3v) is 4.44. The summed E-state index contributed by atoms with van der Waals surface area (Å²) in [6.45, 7) is 1.61. The predicted octanol–water partition coefficient (Wildman–Crippen LogP) is 4.10. The van der Waals surface area contributed by atoms with Crippen molar-refractivity contribution in [3.63, 3.8) is 0 Å². The number of urea groups is 1. The minimum Gasteiger partial charge on any atom is -0.492 e. The van der Waals surface area contributed by atoms with E-state index in [0.717, 1.165) is 15.8 Å². The van der Waals surface area contributed by atoms with Gasteiger partial charge in [0.1, 0.15) is 5.75 Å². The molecule has 2 aromatic rings. The lowest BCUT2D eigenvalue weighted by atomic mass is 10.2. The molecule has 3 rings (SSSR count). The molecule has 0 bridgehead atoms. The molecule has 2 N–H and O–H groups in total. The molecule has 26 heavy (non-hydrogen) atoms. The van der Waals surface area contributed by atoms with Crippen LogP contribution in [0.3, 0.4) is 0 Å². The Kier molecular flexibility index (Phi) is 6.46. The Balaban J connectivity index is 1.32. The van der Waals surface area contributed by atoms with Crippen LogP contribution in [-0.2, 0) is 6.54 Å². The SMILES string of the molecule is O=C(NCCCOc1ccc(Br)cc1Cl)NCc1ccc2c(c1)OCO2. The van der Waals surface area contributed by atoms with Crippen LogP contribution in [0.5, 0.6) is 17.2 Å². The molecule has 1 heterocycles. The van der Waals surface area contributed by atoms with Gasteiger partial charge in [-0.05, 0) is 42.3 Å². The highest BCUT2D eigenvalue weighted by Gasteiger charge is 2.13. The summed E-state index contributed by atoms with van der Waals surface area (Å²) in [5.41, 5.74) is 0.942. The first-order valence-corrected chi connectivity index (χ1v) is 9.27. The number of fused-ring (bicyclic) bond motifs is 1. The maximum atomic E-state index is 11.8. The minimum atomic E-state index is -0.232. The number of amides is 2. The fraction of sp³-hybridized carbons (Fsp3) is 0.278. The lowest BCUT2D eigenvalue weighted by Crippen LogP contribution is -2.36. The molecule has 0 aromatic heterocycles. The average molecular weight is 442 g/mol. The van der Waals surface area contributed by atoms with Gasteiger partial charge in [-0.3, -0.25) is 0 Å². The zero-order valence-electron chi connectivity index (χ0n) is 13.9. The fourth-order valence-electron chi connectivity index (χ4n) is 2.34. The van der Waals surface area contributed by atoms with Crippen LogP contribution in [0.4, 0.5) is 4.79 Å². The van der Waals surface area contributed by atoms with Crippen molar-refractivity contribution in [1.29, 1.82) is 0 Å². The summed E-state index contributed by atoms with van der Waals surface area (Å²) in [7, 11) is 0. The number of hydrogen-bond acceptors (Lipinski definition) is 4. The Hall–Kier alpha value is -2.12. The second-order valence-corrected chi connectivity index (χ2v) is 6.90. The third-order valence-electron chi connectivity index (χ3n) is 3.65. The van der Waals surface area contributed by atoms with Crippen molar-refractivity contribution in [2.24, 2.45) is 0 Å². The molecular formula is C18H18BrClN2O4. The number of nitrogens with one attached hydrogen (secondary N) is 2. The van der Waals surface area contributed by atoms with Crippen LogP contribution < -0.4 is 24.8 Å². The molecule has 0 radical (unpaired) electrons. The lowest BCUT2D eigenvalue weighted by Gasteiger charge is -2.10. The summed E-state index contributed by atoms with van der Waals surface area (Å²) in [5, 5.41) is 6.14. The Morgan fingerprint density at radius 2 is 2.00 bits per heavy atom. The topological polar surface area (TPSA) is 68.8 Å². The van der Waals surface area contributed by atoms with Gasteiger partial charge in [-0.15, -0.1) is 0 Å². The number of benzene rings is 2. The quantitative estimate of drug-likeness (QED) is 0.635. The van der Waals surface area contributed by atoms with Crippen molar-refractivity contribution in [1.82, 2.24) is 10.6 Å². The molecule has 0 saturated carbocycles. The van der Waals surface area contributed by atoms with Crippen molar-refractivity contribution < 1.29 is 19.0 Å². The van der Waals surface area contributed by atoms with Gasteiger partial charge >= 0.3 is 6.03 Å². The van der Waals surface area contributed by atoms with Crippen LogP contribution in [0.25, 0.3) is 0 Å². The summed E-state index contributed by atoms with van der Waals surface area (Å²) >= 11 is 9.42.